The number of nitrogens with zero attached hydrogens (tertiary/aromatic N) is 4. The summed E-state index contributed by atoms with van der Waals surface area (Å²) in [6.45, 7) is 0.0761. The van der Waals surface area contributed by atoms with Gasteiger partial charge in [0.15, 0.2) is 21.2 Å². The number of imide groups is 1. The van der Waals surface area contributed by atoms with Gasteiger partial charge in [0.05, 0.1) is 19.7 Å². The van der Waals surface area contributed by atoms with Crippen molar-refractivity contribution in [2.75, 3.05) is 14.2 Å². The Balaban J connectivity index is 1.82. The normalized spacial score (nSPS) is 30.6. The van der Waals surface area contributed by atoms with Gasteiger partial charge in [0.1, 0.15) is 0 Å². The largest absolute Gasteiger partial charge is 0.504 e. The molecule has 3 aliphatic rings. The molecule has 0 bridgehead atoms. The van der Waals surface area contributed by atoms with Gasteiger partial charge in [-0.1, -0.05) is 12.1 Å². The number of halogens is 2. The molecule has 33 heavy (non-hydrogen) atoms. The van der Waals surface area contributed by atoms with Crippen molar-refractivity contribution >= 4 is 35.0 Å². The highest BCUT2D eigenvalue weighted by molar-refractivity contribution is 6.53. The van der Waals surface area contributed by atoms with Crippen molar-refractivity contribution in [3.63, 3.8) is 0 Å². The molecule has 174 valence electrons. The summed E-state index contributed by atoms with van der Waals surface area (Å²) in [5, 5.41) is 10.1. The van der Waals surface area contributed by atoms with E-state index in [0.717, 1.165) is 9.47 Å². The van der Waals surface area contributed by atoms with Gasteiger partial charge in [-0.3, -0.25) is 14.5 Å². The molecule has 0 unspecified atom stereocenters. The van der Waals surface area contributed by atoms with Crippen LogP contribution in [-0.2, 0) is 23.2 Å². The van der Waals surface area contributed by atoms with Gasteiger partial charge >= 0.3 is 11.4 Å². The predicted molar refractivity (Wildman–Crippen MR) is 118 cm³/mol. The summed E-state index contributed by atoms with van der Waals surface area (Å²) in [4.78, 5) is 49.2. The van der Waals surface area contributed by atoms with Crippen molar-refractivity contribution in [2.24, 2.45) is 7.05 Å². The molecule has 10 nitrogen and oxygen atoms in total. The number of benzene rings is 1. The average Bonchev–Trinajstić information content (AvgIpc) is 3.09. The molecule has 0 radical (unpaired) electrons. The molecule has 0 spiro atoms. The minimum atomic E-state index is -1.90. The van der Waals surface area contributed by atoms with Gasteiger partial charge < -0.3 is 9.84 Å². The molecule has 1 aromatic carbocycles. The van der Waals surface area contributed by atoms with E-state index in [9.17, 15) is 24.3 Å². The Morgan fingerprint density at radius 1 is 1.09 bits per heavy atom. The number of aromatic nitrogens is 3. The third kappa shape index (κ3) is 2.45. The Bertz CT molecular complexity index is 1390. The number of allylic oxidation sites excluding steroid dienone is 2. The fourth-order valence-corrected chi connectivity index (χ4v) is 6.36. The first-order valence-corrected chi connectivity index (χ1v) is 10.9. The van der Waals surface area contributed by atoms with Crippen LogP contribution in [0.4, 0.5) is 0 Å². The van der Waals surface area contributed by atoms with E-state index >= 15 is 0 Å². The molecule has 1 aliphatic carbocycles. The number of ether oxygens (including phenoxy) is 1. The highest BCUT2D eigenvalue weighted by atomic mass is 35.5. The Morgan fingerprint density at radius 3 is 2.45 bits per heavy atom. The van der Waals surface area contributed by atoms with Crippen LogP contribution in [0.15, 0.2) is 39.4 Å². The first-order chi connectivity index (χ1) is 15.5. The molecule has 3 heterocycles. The van der Waals surface area contributed by atoms with E-state index in [-0.39, 0.29) is 24.5 Å². The minimum Gasteiger partial charge on any atom is -0.504 e. The van der Waals surface area contributed by atoms with E-state index in [1.807, 2.05) is 0 Å². The van der Waals surface area contributed by atoms with Crippen molar-refractivity contribution in [2.45, 2.75) is 34.7 Å². The second kappa shape index (κ2) is 6.77. The Hall–Kier alpha value is -2.98. The SMILES string of the molecule is COc1cc([C@H]2C3=CCn4c(=O)n(C)c(=O)n4[C@@H]3C[C@@]3(Cl)C(=O)N(C)C(=O)[C@@]23Cl)ccc1O. The second-order valence-corrected chi connectivity index (χ2v) is 9.76. The fourth-order valence-electron chi connectivity index (χ4n) is 5.36. The second-order valence-electron chi connectivity index (χ2n) is 8.52. The molecule has 5 rings (SSSR count). The van der Waals surface area contributed by atoms with Crippen molar-refractivity contribution in [1.29, 1.82) is 0 Å². The van der Waals surface area contributed by atoms with Crippen LogP contribution in [0.2, 0.25) is 0 Å². The van der Waals surface area contributed by atoms with Crippen LogP contribution >= 0.6 is 23.2 Å². The molecule has 2 amide bonds. The number of fused-ring (bicyclic) bond motifs is 4. The van der Waals surface area contributed by atoms with E-state index < -0.39 is 44.9 Å². The van der Waals surface area contributed by atoms with Crippen molar-refractivity contribution in [1.82, 2.24) is 18.8 Å². The lowest BCUT2D eigenvalue weighted by molar-refractivity contribution is -0.137. The summed E-state index contributed by atoms with van der Waals surface area (Å²) in [5.74, 6) is -2.26. The highest BCUT2D eigenvalue weighted by Gasteiger charge is 2.74. The van der Waals surface area contributed by atoms with Crippen LogP contribution in [0, 0.1) is 0 Å². The first-order valence-electron chi connectivity index (χ1n) is 10.1. The van der Waals surface area contributed by atoms with E-state index in [4.69, 9.17) is 27.9 Å². The predicted octanol–water partition coefficient (Wildman–Crippen LogP) is 0.685. The maximum Gasteiger partial charge on any atom is 0.347 e. The zero-order valence-corrected chi connectivity index (χ0v) is 19.4. The summed E-state index contributed by atoms with van der Waals surface area (Å²) in [6, 6.07) is 3.69. The maximum absolute atomic E-state index is 13.4. The van der Waals surface area contributed by atoms with Gasteiger partial charge in [-0.15, -0.1) is 23.2 Å². The highest BCUT2D eigenvalue weighted by Crippen LogP contribution is 2.63. The van der Waals surface area contributed by atoms with Gasteiger partial charge in [-0.2, -0.15) is 0 Å². The Morgan fingerprint density at radius 2 is 1.79 bits per heavy atom. The van der Waals surface area contributed by atoms with Crippen LogP contribution in [-0.4, -0.2) is 59.7 Å². The van der Waals surface area contributed by atoms with Gasteiger partial charge in [-0.05, 0) is 23.3 Å². The van der Waals surface area contributed by atoms with E-state index in [0.29, 0.717) is 11.1 Å². The quantitative estimate of drug-likeness (QED) is 0.373. The number of carbonyl (C=O) groups is 2. The lowest BCUT2D eigenvalue weighted by Crippen LogP contribution is -2.59. The molecule has 2 aromatic rings. The lowest BCUT2D eigenvalue weighted by Gasteiger charge is -2.49. The molecule has 1 saturated carbocycles. The van der Waals surface area contributed by atoms with Gasteiger partial charge in [0.2, 0.25) is 0 Å². The number of methoxy groups -OCH3 is 1. The molecule has 1 aromatic heterocycles. The maximum atomic E-state index is 13.4. The standard InChI is InChI=1S/C21H20Cl2N4O6/c1-24-16(29)20(22)9-12-11(6-7-26-18(31)25(2)19(32)27(12)26)15(21(20,23)17(24)30)10-4-5-13(28)14(8-10)33-3/h4-6,8,12,15,28H,7,9H2,1-3H3/t12-,15+,20-,21+/m1/s1. The molecule has 1 N–H and O–H groups in total. The third-order valence-corrected chi connectivity index (χ3v) is 8.42. The molecule has 1 saturated heterocycles. The molecule has 12 heteroatoms. The lowest BCUT2D eigenvalue weighted by atomic mass is 9.64. The monoisotopic (exact) mass is 494 g/mol. The van der Waals surface area contributed by atoms with Crippen LogP contribution in [0.5, 0.6) is 11.5 Å². The Labute approximate surface area is 197 Å². The number of rotatable bonds is 2. The van der Waals surface area contributed by atoms with Gasteiger partial charge in [-0.25, -0.2) is 23.5 Å². The van der Waals surface area contributed by atoms with Crippen molar-refractivity contribution in [3.8, 4) is 11.5 Å². The summed E-state index contributed by atoms with van der Waals surface area (Å²) >= 11 is 14.0. The van der Waals surface area contributed by atoms with Crippen LogP contribution in [0.3, 0.4) is 0 Å². The number of aromatic hydroxyl groups is 1. The topological polar surface area (TPSA) is 116 Å². The third-order valence-electron chi connectivity index (χ3n) is 7.01. The summed E-state index contributed by atoms with van der Waals surface area (Å²) in [7, 11) is 4.06. The summed E-state index contributed by atoms with van der Waals surface area (Å²) in [6.07, 6.45) is 1.58. The van der Waals surface area contributed by atoms with Crippen LogP contribution < -0.4 is 16.1 Å². The minimum absolute atomic E-state index is 0.0761. The number of alkyl halides is 2. The summed E-state index contributed by atoms with van der Waals surface area (Å²) < 4.78 is 8.76. The number of hydrogen-bond donors (Lipinski definition) is 1. The van der Waals surface area contributed by atoms with Gasteiger partial charge in [0, 0.05) is 26.4 Å². The fraction of sp³-hybridized carbons (Fsp3) is 0.429. The smallest absolute Gasteiger partial charge is 0.347 e. The number of hydrogen-bond acceptors (Lipinski definition) is 6. The van der Waals surface area contributed by atoms with Gasteiger partial charge in [0.25, 0.3) is 11.8 Å². The molecule has 2 fully saturated rings. The number of carbonyl (C=O) groups excluding carboxylic acids is 2. The number of amides is 2. The van der Waals surface area contributed by atoms with Crippen molar-refractivity contribution in [3.05, 3.63) is 56.4 Å². The zero-order valence-electron chi connectivity index (χ0n) is 17.9. The van der Waals surface area contributed by atoms with Crippen molar-refractivity contribution < 1.29 is 19.4 Å². The molecular formula is C21H20Cl2N4O6. The van der Waals surface area contributed by atoms with Crippen LogP contribution in [0.25, 0.3) is 0 Å². The zero-order chi connectivity index (χ0) is 24.0. The van der Waals surface area contributed by atoms with E-state index in [2.05, 4.69) is 0 Å². The summed E-state index contributed by atoms with van der Waals surface area (Å²) in [5.41, 5.74) is -0.0180. The Kier molecular flexibility index (Phi) is 4.48. The number of likely N-dealkylation sites (tertiary alicyclic amines) is 1. The number of phenols is 1. The molecule has 4 atom stereocenters. The molecular weight excluding hydrogens is 475 g/mol. The van der Waals surface area contributed by atoms with E-state index in [1.165, 1.54) is 42.7 Å². The molecule has 2 aliphatic heterocycles. The van der Waals surface area contributed by atoms with E-state index in [1.54, 1.807) is 12.1 Å². The van der Waals surface area contributed by atoms with Crippen LogP contribution in [0.1, 0.15) is 23.9 Å². The average molecular weight is 495 g/mol. The first kappa shape index (κ1) is 21.8. The number of phenolic OH excluding ortho intramolecular Hbond substituents is 1.